The molecule has 0 radical (unpaired) electrons. The van der Waals surface area contributed by atoms with Crippen LogP contribution in [-0.4, -0.2) is 27.9 Å². The molecule has 0 bridgehead atoms. The summed E-state index contributed by atoms with van der Waals surface area (Å²) in [4.78, 5) is 27.1. The minimum atomic E-state index is -0.505. The Morgan fingerprint density at radius 3 is 2.65 bits per heavy atom. The summed E-state index contributed by atoms with van der Waals surface area (Å²) in [5.74, 6) is -0.320. The van der Waals surface area contributed by atoms with E-state index in [1.807, 2.05) is 29.6 Å². The van der Waals surface area contributed by atoms with Gasteiger partial charge in [0.15, 0.2) is 0 Å². The first-order valence-electron chi connectivity index (χ1n) is 7.44. The summed E-state index contributed by atoms with van der Waals surface area (Å²) < 4.78 is 0.961. The lowest BCUT2D eigenvalue weighted by atomic mass is 10.2. The lowest BCUT2D eigenvalue weighted by molar-refractivity contribution is -0.384. The lowest BCUT2D eigenvalue weighted by Crippen LogP contribution is -2.32. The molecule has 1 amide bonds. The van der Waals surface area contributed by atoms with E-state index in [0.29, 0.717) is 10.7 Å². The number of benzene rings is 2. The van der Waals surface area contributed by atoms with E-state index in [0.717, 1.165) is 15.7 Å². The van der Waals surface area contributed by atoms with Crippen LogP contribution in [0.25, 0.3) is 11.3 Å². The maximum Gasteiger partial charge on any atom is 0.272 e. The van der Waals surface area contributed by atoms with E-state index >= 15 is 0 Å². The summed E-state index contributed by atoms with van der Waals surface area (Å²) in [7, 11) is 1.57. The predicted molar refractivity (Wildman–Crippen MR) is 104 cm³/mol. The van der Waals surface area contributed by atoms with E-state index in [-0.39, 0.29) is 11.6 Å². The molecule has 0 aliphatic heterocycles. The van der Waals surface area contributed by atoms with Gasteiger partial charge < -0.3 is 0 Å². The number of carbonyl (C=O) groups is 1. The number of thiazole rings is 1. The second-order valence-corrected chi connectivity index (χ2v) is 7.10. The van der Waals surface area contributed by atoms with Crippen molar-refractivity contribution in [3.8, 4) is 11.3 Å². The molecule has 3 aromatic rings. The average molecular weight is 433 g/mol. The monoisotopic (exact) mass is 432 g/mol. The van der Waals surface area contributed by atoms with Crippen LogP contribution < -0.4 is 5.43 Å². The molecule has 7 nitrogen and oxygen atoms in total. The zero-order valence-electron chi connectivity index (χ0n) is 13.5. The Labute approximate surface area is 161 Å². The summed E-state index contributed by atoms with van der Waals surface area (Å²) in [6, 6.07) is 13.2. The molecule has 1 aromatic heterocycles. The number of hydrogen-bond donors (Lipinski definition) is 1. The van der Waals surface area contributed by atoms with Crippen molar-refractivity contribution >= 4 is 44.0 Å². The van der Waals surface area contributed by atoms with Gasteiger partial charge in [0.25, 0.3) is 11.6 Å². The third-order valence-corrected chi connectivity index (χ3v) is 4.76. The Morgan fingerprint density at radius 2 is 2.00 bits per heavy atom. The number of hydrogen-bond acceptors (Lipinski definition) is 6. The summed E-state index contributed by atoms with van der Waals surface area (Å²) in [5, 5.41) is 14.4. The fourth-order valence-electron chi connectivity index (χ4n) is 2.22. The Balaban J connectivity index is 1.70. The average Bonchev–Trinajstić information content (AvgIpc) is 3.09. The van der Waals surface area contributed by atoms with E-state index in [4.69, 9.17) is 0 Å². The van der Waals surface area contributed by atoms with Crippen LogP contribution in [0.15, 0.2) is 58.4 Å². The number of nitrogens with zero attached hydrogens (tertiary/aromatic N) is 3. The van der Waals surface area contributed by atoms with Crippen molar-refractivity contribution in [3.63, 3.8) is 0 Å². The number of rotatable bonds is 5. The smallest absolute Gasteiger partial charge is 0.271 e. The Bertz CT molecular complexity index is 959. The third kappa shape index (κ3) is 4.06. The van der Waals surface area contributed by atoms with Gasteiger partial charge in [-0.1, -0.05) is 28.1 Å². The topological polar surface area (TPSA) is 88.4 Å². The number of nitro benzene ring substituents is 1. The Morgan fingerprint density at radius 1 is 1.27 bits per heavy atom. The Kier molecular flexibility index (Phi) is 5.29. The zero-order valence-corrected chi connectivity index (χ0v) is 16.0. The van der Waals surface area contributed by atoms with Crippen LogP contribution in [0.4, 0.5) is 10.8 Å². The van der Waals surface area contributed by atoms with Crippen LogP contribution in [0, 0.1) is 10.1 Å². The van der Waals surface area contributed by atoms with E-state index in [1.54, 1.807) is 7.05 Å². The van der Waals surface area contributed by atoms with Crippen LogP contribution in [0.1, 0.15) is 10.4 Å². The highest BCUT2D eigenvalue weighted by atomic mass is 79.9. The maximum atomic E-state index is 12.4. The number of aromatic nitrogens is 1. The van der Waals surface area contributed by atoms with Crippen LogP contribution in [0.3, 0.4) is 0 Å². The van der Waals surface area contributed by atoms with E-state index in [1.165, 1.54) is 40.6 Å². The number of non-ortho nitro benzene ring substituents is 1. The number of nitrogens with one attached hydrogen (secondary N) is 1. The van der Waals surface area contributed by atoms with Crippen molar-refractivity contribution in [3.05, 3.63) is 74.1 Å². The molecule has 9 heteroatoms. The summed E-state index contributed by atoms with van der Waals surface area (Å²) in [6.07, 6.45) is 0. The maximum absolute atomic E-state index is 12.4. The van der Waals surface area contributed by atoms with Gasteiger partial charge in [-0.05, 0) is 24.3 Å². The van der Waals surface area contributed by atoms with Crippen molar-refractivity contribution in [2.24, 2.45) is 0 Å². The summed E-state index contributed by atoms with van der Waals surface area (Å²) >= 11 is 4.81. The van der Waals surface area contributed by atoms with Gasteiger partial charge in [-0.2, -0.15) is 0 Å². The molecule has 3 rings (SSSR count). The molecule has 132 valence electrons. The standard InChI is InChI=1S/C17H13BrN4O3S/c1-21(16(23)11-5-7-14(8-6-11)22(24)25)20-17-19-15(10-26-17)12-3-2-4-13(18)9-12/h2-10H,1H3,(H,19,20). The fourth-order valence-corrected chi connectivity index (χ4v) is 3.37. The molecule has 1 heterocycles. The first-order valence-corrected chi connectivity index (χ1v) is 9.12. The summed E-state index contributed by atoms with van der Waals surface area (Å²) in [5.41, 5.74) is 4.98. The van der Waals surface area contributed by atoms with Crippen molar-refractivity contribution in [2.75, 3.05) is 12.5 Å². The first kappa shape index (κ1) is 18.0. The molecule has 0 aliphatic rings. The van der Waals surface area contributed by atoms with E-state index in [9.17, 15) is 14.9 Å². The second kappa shape index (κ2) is 7.63. The van der Waals surface area contributed by atoms with E-state index in [2.05, 4.69) is 26.3 Å². The lowest BCUT2D eigenvalue weighted by Gasteiger charge is -2.17. The molecule has 0 saturated heterocycles. The normalized spacial score (nSPS) is 10.4. The van der Waals surface area contributed by atoms with Crippen LogP contribution in [0.5, 0.6) is 0 Å². The molecule has 1 N–H and O–H groups in total. The Hall–Kier alpha value is -2.78. The number of amides is 1. The molecular weight excluding hydrogens is 420 g/mol. The molecule has 0 aliphatic carbocycles. The van der Waals surface area contributed by atoms with Gasteiger partial charge in [-0.3, -0.25) is 25.3 Å². The molecule has 0 fully saturated rings. The number of halogens is 1. The van der Waals surface area contributed by atoms with Gasteiger partial charge in [0.2, 0.25) is 5.13 Å². The van der Waals surface area contributed by atoms with Gasteiger partial charge in [-0.15, -0.1) is 11.3 Å². The zero-order chi connectivity index (χ0) is 18.7. The van der Waals surface area contributed by atoms with Crippen LogP contribution >= 0.6 is 27.3 Å². The van der Waals surface area contributed by atoms with Gasteiger partial charge in [-0.25, -0.2) is 4.98 Å². The third-order valence-electron chi connectivity index (χ3n) is 3.52. The molecule has 0 atom stereocenters. The predicted octanol–water partition coefficient (Wildman–Crippen LogP) is 4.58. The SMILES string of the molecule is CN(Nc1nc(-c2cccc(Br)c2)cs1)C(=O)c1ccc([N+](=O)[O-])cc1. The van der Waals surface area contributed by atoms with Gasteiger partial charge in [0.1, 0.15) is 0 Å². The van der Waals surface area contributed by atoms with Gasteiger partial charge in [0.05, 0.1) is 10.6 Å². The highest BCUT2D eigenvalue weighted by Gasteiger charge is 2.15. The van der Waals surface area contributed by atoms with Crippen molar-refractivity contribution in [1.82, 2.24) is 9.99 Å². The quantitative estimate of drug-likeness (QED) is 0.470. The van der Waals surface area contributed by atoms with Crippen molar-refractivity contribution < 1.29 is 9.72 Å². The van der Waals surface area contributed by atoms with Crippen LogP contribution in [0.2, 0.25) is 0 Å². The number of nitro groups is 1. The molecule has 2 aromatic carbocycles. The molecule has 26 heavy (non-hydrogen) atoms. The molecular formula is C17H13BrN4O3S. The summed E-state index contributed by atoms with van der Waals surface area (Å²) in [6.45, 7) is 0. The van der Waals surface area contributed by atoms with Gasteiger partial charge in [0, 0.05) is 40.2 Å². The fraction of sp³-hybridized carbons (Fsp3) is 0.0588. The molecule has 0 unspecified atom stereocenters. The van der Waals surface area contributed by atoms with Gasteiger partial charge >= 0.3 is 0 Å². The van der Waals surface area contributed by atoms with Crippen LogP contribution in [-0.2, 0) is 0 Å². The number of carbonyl (C=O) groups excluding carboxylic acids is 1. The number of hydrazine groups is 1. The second-order valence-electron chi connectivity index (χ2n) is 5.33. The highest BCUT2D eigenvalue weighted by Crippen LogP contribution is 2.27. The van der Waals surface area contributed by atoms with Crippen molar-refractivity contribution in [2.45, 2.75) is 0 Å². The number of anilines is 1. The first-order chi connectivity index (χ1) is 12.4. The molecule has 0 saturated carbocycles. The highest BCUT2D eigenvalue weighted by molar-refractivity contribution is 9.10. The molecule has 0 spiro atoms. The van der Waals surface area contributed by atoms with E-state index < -0.39 is 4.92 Å². The minimum absolute atomic E-state index is 0.0595. The largest absolute Gasteiger partial charge is 0.272 e. The minimum Gasteiger partial charge on any atom is -0.271 e. The van der Waals surface area contributed by atoms with Crippen molar-refractivity contribution in [1.29, 1.82) is 0 Å².